The topological polar surface area (TPSA) is 87.9 Å². The van der Waals surface area contributed by atoms with Gasteiger partial charge in [-0.2, -0.15) is 0 Å². The lowest BCUT2D eigenvalue weighted by molar-refractivity contribution is -0.119. The summed E-state index contributed by atoms with van der Waals surface area (Å²) in [5, 5.41) is 10.0. The van der Waals surface area contributed by atoms with E-state index in [-0.39, 0.29) is 17.6 Å². The Morgan fingerprint density at radius 3 is 2.50 bits per heavy atom. The standard InChI is InChI=1S/C22H22N4O4/c1-14-20(22(28)26(25(14)2)16-7-5-4-6-8-16)23-21(27)18-13-19(30-24-18)15-9-11-17(29-3)12-10-15/h4-14,20H,1-3H3,(H,23,27). The van der Waals surface area contributed by atoms with Gasteiger partial charge in [0, 0.05) is 18.7 Å². The van der Waals surface area contributed by atoms with E-state index in [1.54, 1.807) is 30.3 Å². The van der Waals surface area contributed by atoms with Crippen molar-refractivity contribution in [1.82, 2.24) is 15.5 Å². The van der Waals surface area contributed by atoms with Crippen molar-refractivity contribution in [3.8, 4) is 17.1 Å². The van der Waals surface area contributed by atoms with Gasteiger partial charge in [-0.25, -0.2) is 10.0 Å². The van der Waals surface area contributed by atoms with Gasteiger partial charge in [-0.15, -0.1) is 0 Å². The van der Waals surface area contributed by atoms with Crippen LogP contribution in [0.1, 0.15) is 17.4 Å². The highest BCUT2D eigenvalue weighted by molar-refractivity contribution is 6.03. The van der Waals surface area contributed by atoms with E-state index in [0.29, 0.717) is 5.76 Å². The molecule has 2 unspecified atom stereocenters. The number of rotatable bonds is 5. The number of carbonyl (C=O) groups is 2. The molecule has 1 fully saturated rings. The van der Waals surface area contributed by atoms with Crippen molar-refractivity contribution in [2.24, 2.45) is 0 Å². The van der Waals surface area contributed by atoms with Crippen molar-refractivity contribution in [2.45, 2.75) is 19.0 Å². The minimum Gasteiger partial charge on any atom is -0.497 e. The van der Waals surface area contributed by atoms with Gasteiger partial charge in [0.05, 0.1) is 18.8 Å². The Morgan fingerprint density at radius 1 is 1.13 bits per heavy atom. The Kier molecular flexibility index (Phi) is 5.24. The minimum atomic E-state index is -0.705. The quantitative estimate of drug-likeness (QED) is 0.701. The largest absolute Gasteiger partial charge is 0.497 e. The third-order valence-electron chi connectivity index (χ3n) is 5.27. The number of nitrogens with one attached hydrogen (secondary N) is 1. The van der Waals surface area contributed by atoms with Gasteiger partial charge in [0.2, 0.25) is 0 Å². The zero-order valence-electron chi connectivity index (χ0n) is 16.9. The molecule has 2 amide bonds. The molecule has 1 aromatic heterocycles. The molecule has 2 heterocycles. The van der Waals surface area contributed by atoms with Gasteiger partial charge < -0.3 is 14.6 Å². The number of ether oxygens (including phenoxy) is 1. The molecule has 0 radical (unpaired) electrons. The number of carbonyl (C=O) groups excluding carboxylic acids is 2. The number of hydrogen-bond acceptors (Lipinski definition) is 6. The summed E-state index contributed by atoms with van der Waals surface area (Å²) in [5.74, 6) is 0.504. The number of anilines is 1. The van der Waals surface area contributed by atoms with Crippen LogP contribution in [0.5, 0.6) is 5.75 Å². The van der Waals surface area contributed by atoms with Crippen LogP contribution in [0.2, 0.25) is 0 Å². The van der Waals surface area contributed by atoms with Gasteiger partial charge in [-0.1, -0.05) is 23.4 Å². The molecule has 2 atom stereocenters. The Morgan fingerprint density at radius 2 is 1.83 bits per heavy atom. The van der Waals surface area contributed by atoms with Crippen LogP contribution in [0, 0.1) is 0 Å². The van der Waals surface area contributed by atoms with E-state index in [1.165, 1.54) is 0 Å². The predicted octanol–water partition coefficient (Wildman–Crippen LogP) is 2.73. The first-order valence-electron chi connectivity index (χ1n) is 9.53. The van der Waals surface area contributed by atoms with Crippen LogP contribution >= 0.6 is 0 Å². The fraction of sp³-hybridized carbons (Fsp3) is 0.227. The van der Waals surface area contributed by atoms with Gasteiger partial charge in [-0.3, -0.25) is 9.59 Å². The second-order valence-corrected chi connectivity index (χ2v) is 7.06. The molecule has 1 aliphatic rings. The molecule has 8 heteroatoms. The van der Waals surface area contributed by atoms with Crippen molar-refractivity contribution < 1.29 is 18.8 Å². The first kappa shape index (κ1) is 19.7. The molecule has 4 rings (SSSR count). The van der Waals surface area contributed by atoms with E-state index in [1.807, 2.05) is 61.4 Å². The summed E-state index contributed by atoms with van der Waals surface area (Å²) in [6.45, 7) is 1.89. The molecule has 0 spiro atoms. The number of hydrogen-bond donors (Lipinski definition) is 1. The summed E-state index contributed by atoms with van der Waals surface area (Å²) in [4.78, 5) is 25.7. The van der Waals surface area contributed by atoms with Crippen molar-refractivity contribution in [2.75, 3.05) is 19.2 Å². The molecule has 0 saturated carbocycles. The van der Waals surface area contributed by atoms with Gasteiger partial charge in [-0.05, 0) is 43.3 Å². The van der Waals surface area contributed by atoms with Crippen molar-refractivity contribution in [1.29, 1.82) is 0 Å². The molecule has 0 aliphatic carbocycles. The number of nitrogens with zero attached hydrogens (tertiary/aromatic N) is 3. The molecular weight excluding hydrogens is 384 g/mol. The molecule has 1 aliphatic heterocycles. The van der Waals surface area contributed by atoms with Crippen LogP contribution < -0.4 is 15.1 Å². The average molecular weight is 406 g/mol. The van der Waals surface area contributed by atoms with Crippen LogP contribution in [0.15, 0.2) is 65.2 Å². The Labute approximate surface area is 174 Å². The van der Waals surface area contributed by atoms with Crippen molar-refractivity contribution in [3.05, 3.63) is 66.4 Å². The van der Waals surface area contributed by atoms with E-state index >= 15 is 0 Å². The molecule has 154 valence electrons. The fourth-order valence-corrected chi connectivity index (χ4v) is 3.44. The van der Waals surface area contributed by atoms with Crippen LogP contribution in [0.25, 0.3) is 11.3 Å². The summed E-state index contributed by atoms with van der Waals surface area (Å²) in [6, 6.07) is 17.2. The number of amides is 2. The lowest BCUT2D eigenvalue weighted by atomic mass is 10.1. The van der Waals surface area contributed by atoms with Crippen molar-refractivity contribution >= 4 is 17.5 Å². The predicted molar refractivity (Wildman–Crippen MR) is 111 cm³/mol. The SMILES string of the molecule is COc1ccc(-c2cc(C(=O)NC3C(=O)N(c4ccccc4)N(C)C3C)no2)cc1. The summed E-state index contributed by atoms with van der Waals surface area (Å²) in [6.07, 6.45) is 0. The van der Waals surface area contributed by atoms with E-state index < -0.39 is 11.9 Å². The maximum absolute atomic E-state index is 13.0. The molecular formula is C22H22N4O4. The average Bonchev–Trinajstić information content (AvgIpc) is 3.34. The second kappa shape index (κ2) is 8.00. The zero-order chi connectivity index (χ0) is 21.3. The molecule has 8 nitrogen and oxygen atoms in total. The first-order valence-corrected chi connectivity index (χ1v) is 9.53. The molecule has 0 bridgehead atoms. The van der Waals surface area contributed by atoms with E-state index in [2.05, 4.69) is 10.5 Å². The molecule has 1 saturated heterocycles. The monoisotopic (exact) mass is 406 g/mol. The highest BCUT2D eigenvalue weighted by atomic mass is 16.5. The normalized spacial score (nSPS) is 19.2. The fourth-order valence-electron chi connectivity index (χ4n) is 3.44. The van der Waals surface area contributed by atoms with E-state index in [0.717, 1.165) is 17.0 Å². The molecule has 3 aromatic rings. The molecule has 2 aromatic carbocycles. The number of hydrazine groups is 1. The number of methoxy groups -OCH3 is 1. The number of aromatic nitrogens is 1. The first-order chi connectivity index (χ1) is 14.5. The Hall–Kier alpha value is -3.65. The van der Waals surface area contributed by atoms with Crippen molar-refractivity contribution in [3.63, 3.8) is 0 Å². The lowest BCUT2D eigenvalue weighted by Crippen LogP contribution is -2.45. The van der Waals surface area contributed by atoms with E-state index in [9.17, 15) is 9.59 Å². The summed E-state index contributed by atoms with van der Waals surface area (Å²) >= 11 is 0. The smallest absolute Gasteiger partial charge is 0.274 e. The number of benzene rings is 2. The highest BCUT2D eigenvalue weighted by Gasteiger charge is 2.44. The molecule has 1 N–H and O–H groups in total. The number of para-hydroxylation sites is 1. The second-order valence-electron chi connectivity index (χ2n) is 7.06. The highest BCUT2D eigenvalue weighted by Crippen LogP contribution is 2.26. The van der Waals surface area contributed by atoms with Crippen LogP contribution in [-0.2, 0) is 4.79 Å². The third kappa shape index (κ3) is 3.53. The van der Waals surface area contributed by atoms with Gasteiger partial charge >= 0.3 is 0 Å². The Balaban J connectivity index is 1.50. The molecule has 30 heavy (non-hydrogen) atoms. The lowest BCUT2D eigenvalue weighted by Gasteiger charge is -2.26. The maximum atomic E-state index is 13.0. The van der Waals surface area contributed by atoms with Crippen LogP contribution in [-0.4, -0.2) is 48.2 Å². The van der Waals surface area contributed by atoms with Crippen LogP contribution in [0.4, 0.5) is 5.69 Å². The van der Waals surface area contributed by atoms with Crippen LogP contribution in [0.3, 0.4) is 0 Å². The summed E-state index contributed by atoms with van der Waals surface area (Å²) in [7, 11) is 3.41. The van der Waals surface area contributed by atoms with Gasteiger partial charge in [0.25, 0.3) is 11.8 Å². The van der Waals surface area contributed by atoms with Gasteiger partial charge in [0.15, 0.2) is 11.5 Å². The maximum Gasteiger partial charge on any atom is 0.274 e. The minimum absolute atomic E-state index is 0.113. The summed E-state index contributed by atoms with van der Waals surface area (Å²) in [5.41, 5.74) is 1.63. The van der Waals surface area contributed by atoms with E-state index in [4.69, 9.17) is 9.26 Å². The summed E-state index contributed by atoms with van der Waals surface area (Å²) < 4.78 is 10.5. The zero-order valence-corrected chi connectivity index (χ0v) is 16.9. The Bertz CT molecular complexity index is 1050. The number of likely N-dealkylation sites (N-methyl/N-ethyl adjacent to an activating group) is 1. The van der Waals surface area contributed by atoms with Gasteiger partial charge in [0.1, 0.15) is 11.8 Å². The third-order valence-corrected chi connectivity index (χ3v) is 5.27.